The lowest BCUT2D eigenvalue weighted by Crippen LogP contribution is -2.37. The summed E-state index contributed by atoms with van der Waals surface area (Å²) < 4.78 is 5.44. The molecule has 0 spiro atoms. The smallest absolute Gasteiger partial charge is 0.233 e. The molecule has 0 amide bonds. The van der Waals surface area contributed by atoms with Crippen LogP contribution in [0.3, 0.4) is 0 Å². The van der Waals surface area contributed by atoms with Gasteiger partial charge in [0.1, 0.15) is 0 Å². The highest BCUT2D eigenvalue weighted by Crippen LogP contribution is 2.27. The predicted molar refractivity (Wildman–Crippen MR) is 117 cm³/mol. The molecule has 0 bridgehead atoms. The van der Waals surface area contributed by atoms with Gasteiger partial charge < -0.3 is 20.3 Å². The molecule has 0 unspecified atom stereocenters. The van der Waals surface area contributed by atoms with Crippen LogP contribution >= 0.6 is 23.2 Å². The van der Waals surface area contributed by atoms with E-state index in [-0.39, 0.29) is 0 Å². The van der Waals surface area contributed by atoms with E-state index in [1.165, 1.54) is 5.56 Å². The number of nitrogens with one attached hydrogen (secondary N) is 2. The third kappa shape index (κ3) is 5.06. The lowest BCUT2D eigenvalue weighted by Gasteiger charge is -2.27. The number of benzene rings is 2. The average molecular weight is 431 g/mol. The minimum absolute atomic E-state index is 0.412. The van der Waals surface area contributed by atoms with E-state index < -0.39 is 0 Å². The number of hydrogen-bond donors (Lipinski definition) is 2. The summed E-state index contributed by atoms with van der Waals surface area (Å²) in [6.07, 6.45) is 0. The third-order valence-electron chi connectivity index (χ3n) is 4.40. The first-order chi connectivity index (χ1) is 14.1. The Labute approximate surface area is 179 Å². The van der Waals surface area contributed by atoms with E-state index in [0.29, 0.717) is 41.1 Å². The number of hydrogen-bond acceptors (Lipinski definition) is 7. The van der Waals surface area contributed by atoms with Gasteiger partial charge in [-0.25, -0.2) is 0 Å². The van der Waals surface area contributed by atoms with E-state index in [4.69, 9.17) is 27.9 Å². The normalized spacial score (nSPS) is 14.0. The minimum atomic E-state index is 0.412. The maximum Gasteiger partial charge on any atom is 0.233 e. The molecule has 29 heavy (non-hydrogen) atoms. The molecule has 1 saturated heterocycles. The molecule has 150 valence electrons. The molecule has 2 aromatic carbocycles. The molecule has 2 N–H and O–H groups in total. The SMILES string of the molecule is Cc1ccc(Nc2nc(Nc3ccc(Cl)c(Cl)c3)nc(N3CCOCC3)n2)cc1. The van der Waals surface area contributed by atoms with Crippen LogP contribution in [-0.2, 0) is 4.74 Å². The molecule has 0 radical (unpaired) electrons. The van der Waals surface area contributed by atoms with Gasteiger partial charge in [-0.3, -0.25) is 0 Å². The Kier molecular flexibility index (Phi) is 5.99. The zero-order chi connectivity index (χ0) is 20.2. The zero-order valence-electron chi connectivity index (χ0n) is 15.8. The second-order valence-corrected chi connectivity index (χ2v) is 7.44. The van der Waals surface area contributed by atoms with Gasteiger partial charge in [-0.05, 0) is 37.3 Å². The summed E-state index contributed by atoms with van der Waals surface area (Å²) in [6, 6.07) is 13.3. The predicted octanol–water partition coefficient (Wildman–Crippen LogP) is 4.81. The fourth-order valence-corrected chi connectivity index (χ4v) is 3.15. The number of aryl methyl sites for hydroxylation is 1. The zero-order valence-corrected chi connectivity index (χ0v) is 17.3. The van der Waals surface area contributed by atoms with E-state index >= 15 is 0 Å². The number of halogens is 2. The van der Waals surface area contributed by atoms with Gasteiger partial charge in [-0.1, -0.05) is 40.9 Å². The van der Waals surface area contributed by atoms with Crippen LogP contribution in [0, 0.1) is 6.92 Å². The number of nitrogens with zero attached hydrogens (tertiary/aromatic N) is 4. The summed E-state index contributed by atoms with van der Waals surface area (Å²) >= 11 is 12.1. The first-order valence-electron chi connectivity index (χ1n) is 9.21. The molecule has 0 aliphatic carbocycles. The van der Waals surface area contributed by atoms with Crippen LogP contribution in [0.2, 0.25) is 10.0 Å². The molecule has 2 heterocycles. The second kappa shape index (κ2) is 8.82. The van der Waals surface area contributed by atoms with Crippen molar-refractivity contribution in [3.05, 3.63) is 58.1 Å². The standard InChI is InChI=1S/C20H20Cl2N6O/c1-13-2-4-14(5-3-13)23-18-25-19(24-15-6-7-16(21)17(22)12-15)27-20(26-18)28-8-10-29-11-9-28/h2-7,12H,8-11H2,1H3,(H2,23,24,25,26,27). The fraction of sp³-hybridized carbons (Fsp3) is 0.250. The van der Waals surface area contributed by atoms with E-state index in [1.807, 2.05) is 37.3 Å². The highest BCUT2D eigenvalue weighted by molar-refractivity contribution is 6.42. The van der Waals surface area contributed by atoms with Crippen molar-refractivity contribution in [1.82, 2.24) is 15.0 Å². The third-order valence-corrected chi connectivity index (χ3v) is 5.14. The van der Waals surface area contributed by atoms with Crippen LogP contribution in [0.25, 0.3) is 0 Å². The number of rotatable bonds is 5. The van der Waals surface area contributed by atoms with Crippen molar-refractivity contribution in [3.8, 4) is 0 Å². The van der Waals surface area contributed by atoms with Gasteiger partial charge in [-0.15, -0.1) is 0 Å². The molecule has 3 aromatic rings. The van der Waals surface area contributed by atoms with Gasteiger partial charge in [0, 0.05) is 24.5 Å². The molecule has 1 aromatic heterocycles. The van der Waals surface area contributed by atoms with Gasteiger partial charge in [0.05, 0.1) is 23.3 Å². The molecule has 0 atom stereocenters. The van der Waals surface area contributed by atoms with Crippen molar-refractivity contribution >= 4 is 52.4 Å². The van der Waals surface area contributed by atoms with Crippen molar-refractivity contribution in [3.63, 3.8) is 0 Å². The maximum atomic E-state index is 6.12. The van der Waals surface area contributed by atoms with Gasteiger partial charge >= 0.3 is 0 Å². The number of morpholine rings is 1. The molecule has 7 nitrogen and oxygen atoms in total. The van der Waals surface area contributed by atoms with Gasteiger partial charge in [0.2, 0.25) is 17.8 Å². The topological polar surface area (TPSA) is 75.2 Å². The highest BCUT2D eigenvalue weighted by atomic mass is 35.5. The van der Waals surface area contributed by atoms with Crippen LogP contribution in [0.4, 0.5) is 29.2 Å². The van der Waals surface area contributed by atoms with Crippen LogP contribution < -0.4 is 15.5 Å². The highest BCUT2D eigenvalue weighted by Gasteiger charge is 2.17. The van der Waals surface area contributed by atoms with E-state index in [0.717, 1.165) is 24.5 Å². The Hall–Kier alpha value is -2.61. The van der Waals surface area contributed by atoms with E-state index in [9.17, 15) is 0 Å². The molecular formula is C20H20Cl2N6O. The quantitative estimate of drug-likeness (QED) is 0.601. The maximum absolute atomic E-state index is 6.12. The van der Waals surface area contributed by atoms with Crippen molar-refractivity contribution in [2.24, 2.45) is 0 Å². The summed E-state index contributed by atoms with van der Waals surface area (Å²) in [5, 5.41) is 7.38. The Morgan fingerprint density at radius 3 is 2.10 bits per heavy atom. The van der Waals surface area contributed by atoms with Crippen LogP contribution in [-0.4, -0.2) is 41.3 Å². The monoisotopic (exact) mass is 430 g/mol. The minimum Gasteiger partial charge on any atom is -0.378 e. The molecule has 1 aliphatic heterocycles. The molecular weight excluding hydrogens is 411 g/mol. The molecule has 9 heteroatoms. The second-order valence-electron chi connectivity index (χ2n) is 6.63. The van der Waals surface area contributed by atoms with Crippen LogP contribution in [0.5, 0.6) is 0 Å². The summed E-state index contributed by atoms with van der Waals surface area (Å²) in [5.74, 6) is 1.45. The summed E-state index contributed by atoms with van der Waals surface area (Å²) in [4.78, 5) is 15.8. The summed E-state index contributed by atoms with van der Waals surface area (Å²) in [7, 11) is 0. The van der Waals surface area contributed by atoms with Crippen molar-refractivity contribution < 1.29 is 4.74 Å². The number of aromatic nitrogens is 3. The molecule has 0 saturated carbocycles. The lowest BCUT2D eigenvalue weighted by atomic mass is 10.2. The van der Waals surface area contributed by atoms with Gasteiger partial charge in [-0.2, -0.15) is 15.0 Å². The van der Waals surface area contributed by atoms with E-state index in [1.54, 1.807) is 12.1 Å². The Morgan fingerprint density at radius 1 is 0.828 bits per heavy atom. The van der Waals surface area contributed by atoms with Crippen LogP contribution in [0.15, 0.2) is 42.5 Å². The lowest BCUT2D eigenvalue weighted by molar-refractivity contribution is 0.122. The Balaban J connectivity index is 1.64. The van der Waals surface area contributed by atoms with Crippen LogP contribution in [0.1, 0.15) is 5.56 Å². The molecule has 4 rings (SSSR count). The number of ether oxygens (including phenoxy) is 1. The van der Waals surface area contributed by atoms with Crippen molar-refractivity contribution in [2.75, 3.05) is 41.8 Å². The first kappa shape index (κ1) is 19.7. The molecule has 1 fully saturated rings. The summed E-state index contributed by atoms with van der Waals surface area (Å²) in [6.45, 7) is 4.77. The summed E-state index contributed by atoms with van der Waals surface area (Å²) in [5.41, 5.74) is 2.82. The molecule has 1 aliphatic rings. The van der Waals surface area contributed by atoms with Crippen molar-refractivity contribution in [1.29, 1.82) is 0 Å². The Morgan fingerprint density at radius 2 is 1.45 bits per heavy atom. The number of anilines is 5. The van der Waals surface area contributed by atoms with Crippen molar-refractivity contribution in [2.45, 2.75) is 6.92 Å². The van der Waals surface area contributed by atoms with Gasteiger partial charge in [0.25, 0.3) is 0 Å². The largest absolute Gasteiger partial charge is 0.378 e. The first-order valence-corrected chi connectivity index (χ1v) is 9.97. The average Bonchev–Trinajstić information content (AvgIpc) is 2.73. The van der Waals surface area contributed by atoms with Gasteiger partial charge in [0.15, 0.2) is 0 Å². The Bertz CT molecular complexity index is 993. The fourth-order valence-electron chi connectivity index (χ4n) is 2.85. The van der Waals surface area contributed by atoms with E-state index in [2.05, 4.69) is 30.5 Å².